The molecule has 0 radical (unpaired) electrons. The lowest BCUT2D eigenvalue weighted by atomic mass is 9.68. The minimum atomic E-state index is -0.623. The highest BCUT2D eigenvalue weighted by molar-refractivity contribution is 5.78. The Balaban J connectivity index is 2.29. The fraction of sp³-hybridized carbons (Fsp3) is 0.941. The standard InChI is InChI=1S/C17H33NO3/c1-12(2)10-21-11-15(19)9-18-16(20)14-6-13(3)7-17(4,5)8-14/h12-15,19H,6-11H2,1-5H3,(H,18,20). The zero-order chi connectivity index (χ0) is 16.0. The van der Waals surface area contributed by atoms with Crippen LogP contribution in [0, 0.1) is 23.2 Å². The van der Waals surface area contributed by atoms with Crippen LogP contribution in [-0.2, 0) is 9.53 Å². The van der Waals surface area contributed by atoms with Gasteiger partial charge in [-0.05, 0) is 36.5 Å². The minimum Gasteiger partial charge on any atom is -0.389 e. The number of hydrogen-bond donors (Lipinski definition) is 2. The molecule has 0 aliphatic heterocycles. The van der Waals surface area contributed by atoms with E-state index in [0.29, 0.717) is 18.4 Å². The van der Waals surface area contributed by atoms with E-state index in [9.17, 15) is 9.90 Å². The Hall–Kier alpha value is -0.610. The van der Waals surface area contributed by atoms with Gasteiger partial charge in [0.25, 0.3) is 0 Å². The molecule has 2 N–H and O–H groups in total. The zero-order valence-electron chi connectivity index (χ0n) is 14.3. The third-order valence-electron chi connectivity index (χ3n) is 4.03. The Morgan fingerprint density at radius 2 is 2.00 bits per heavy atom. The molecule has 1 aliphatic carbocycles. The molecule has 3 atom stereocenters. The van der Waals surface area contributed by atoms with Crippen LogP contribution in [0.15, 0.2) is 0 Å². The van der Waals surface area contributed by atoms with Crippen molar-refractivity contribution >= 4 is 5.91 Å². The van der Waals surface area contributed by atoms with Gasteiger partial charge in [0.1, 0.15) is 0 Å². The fourth-order valence-corrected chi connectivity index (χ4v) is 3.41. The first-order valence-corrected chi connectivity index (χ1v) is 8.23. The lowest BCUT2D eigenvalue weighted by Crippen LogP contribution is -2.41. The second kappa shape index (κ2) is 8.14. The molecule has 0 aromatic carbocycles. The third kappa shape index (κ3) is 7.28. The van der Waals surface area contributed by atoms with Crippen molar-refractivity contribution in [1.82, 2.24) is 5.32 Å². The summed E-state index contributed by atoms with van der Waals surface area (Å²) >= 11 is 0. The molecule has 0 saturated heterocycles. The average Bonchev–Trinajstić information content (AvgIpc) is 2.33. The predicted octanol–water partition coefficient (Wildman–Crippen LogP) is 2.60. The van der Waals surface area contributed by atoms with E-state index in [0.717, 1.165) is 12.8 Å². The second-order valence-electron chi connectivity index (χ2n) is 7.94. The van der Waals surface area contributed by atoms with Crippen LogP contribution in [0.25, 0.3) is 0 Å². The van der Waals surface area contributed by atoms with Gasteiger partial charge < -0.3 is 15.2 Å². The first-order valence-electron chi connectivity index (χ1n) is 8.23. The van der Waals surface area contributed by atoms with Gasteiger partial charge in [-0.2, -0.15) is 0 Å². The molecule has 1 fully saturated rings. The first kappa shape index (κ1) is 18.4. The van der Waals surface area contributed by atoms with Crippen LogP contribution in [0.1, 0.15) is 53.9 Å². The van der Waals surface area contributed by atoms with Crippen LogP contribution >= 0.6 is 0 Å². The van der Waals surface area contributed by atoms with Crippen LogP contribution in [0.4, 0.5) is 0 Å². The zero-order valence-corrected chi connectivity index (χ0v) is 14.3. The monoisotopic (exact) mass is 299 g/mol. The summed E-state index contributed by atoms with van der Waals surface area (Å²) in [4.78, 5) is 12.3. The van der Waals surface area contributed by atoms with Crippen molar-refractivity contribution in [2.75, 3.05) is 19.8 Å². The van der Waals surface area contributed by atoms with Gasteiger partial charge in [0.2, 0.25) is 5.91 Å². The van der Waals surface area contributed by atoms with Gasteiger partial charge in [-0.25, -0.2) is 0 Å². The normalized spacial score (nSPS) is 26.6. The smallest absolute Gasteiger partial charge is 0.223 e. The number of aliphatic hydroxyl groups is 1. The fourth-order valence-electron chi connectivity index (χ4n) is 3.41. The number of amides is 1. The Labute approximate surface area is 129 Å². The molecule has 1 amide bonds. The van der Waals surface area contributed by atoms with E-state index >= 15 is 0 Å². The average molecular weight is 299 g/mol. The van der Waals surface area contributed by atoms with Crippen LogP contribution in [-0.4, -0.2) is 36.9 Å². The van der Waals surface area contributed by atoms with Crippen molar-refractivity contribution in [2.24, 2.45) is 23.2 Å². The van der Waals surface area contributed by atoms with E-state index in [1.807, 2.05) is 0 Å². The molecule has 4 heteroatoms. The van der Waals surface area contributed by atoms with E-state index < -0.39 is 6.10 Å². The summed E-state index contributed by atoms with van der Waals surface area (Å²) in [5.74, 6) is 1.20. The number of nitrogens with one attached hydrogen (secondary N) is 1. The molecule has 1 rings (SSSR count). The van der Waals surface area contributed by atoms with Gasteiger partial charge in [-0.3, -0.25) is 4.79 Å². The molecule has 3 unspecified atom stereocenters. The van der Waals surface area contributed by atoms with Crippen molar-refractivity contribution < 1.29 is 14.6 Å². The van der Waals surface area contributed by atoms with Gasteiger partial charge in [0.15, 0.2) is 0 Å². The maximum atomic E-state index is 12.3. The molecule has 0 bridgehead atoms. The highest BCUT2D eigenvalue weighted by Crippen LogP contribution is 2.41. The van der Waals surface area contributed by atoms with E-state index in [1.165, 1.54) is 6.42 Å². The quantitative estimate of drug-likeness (QED) is 0.759. The van der Waals surface area contributed by atoms with Crippen molar-refractivity contribution in [3.8, 4) is 0 Å². The van der Waals surface area contributed by atoms with Gasteiger partial charge in [0.05, 0.1) is 12.7 Å². The summed E-state index contributed by atoms with van der Waals surface area (Å²) in [6, 6.07) is 0. The van der Waals surface area contributed by atoms with E-state index in [4.69, 9.17) is 4.74 Å². The first-order chi connectivity index (χ1) is 9.69. The Kier molecular flexibility index (Phi) is 7.14. The highest BCUT2D eigenvalue weighted by Gasteiger charge is 2.35. The third-order valence-corrected chi connectivity index (χ3v) is 4.03. The van der Waals surface area contributed by atoms with Crippen LogP contribution in [0.3, 0.4) is 0 Å². The molecule has 1 aliphatic rings. The number of carbonyl (C=O) groups is 1. The van der Waals surface area contributed by atoms with Gasteiger partial charge in [-0.1, -0.05) is 34.6 Å². The molecule has 1 saturated carbocycles. The summed E-state index contributed by atoms with van der Waals surface area (Å²) in [6.45, 7) is 12.0. The van der Waals surface area contributed by atoms with Crippen LogP contribution in [0.2, 0.25) is 0 Å². The molecule has 0 aromatic rings. The number of hydrogen-bond acceptors (Lipinski definition) is 3. The summed E-state index contributed by atoms with van der Waals surface area (Å²) < 4.78 is 5.38. The molecule has 4 nitrogen and oxygen atoms in total. The lowest BCUT2D eigenvalue weighted by molar-refractivity contribution is -0.128. The SMILES string of the molecule is CC(C)COCC(O)CNC(=O)C1CC(C)CC(C)(C)C1. The van der Waals surface area contributed by atoms with Gasteiger partial charge in [-0.15, -0.1) is 0 Å². The van der Waals surface area contributed by atoms with E-state index in [-0.39, 0.29) is 30.4 Å². The lowest BCUT2D eigenvalue weighted by Gasteiger charge is -2.38. The number of rotatable bonds is 7. The molecule has 124 valence electrons. The van der Waals surface area contributed by atoms with Crippen LogP contribution in [0.5, 0.6) is 0 Å². The summed E-state index contributed by atoms with van der Waals surface area (Å²) in [7, 11) is 0. The van der Waals surface area contributed by atoms with Gasteiger partial charge in [0, 0.05) is 19.1 Å². The van der Waals surface area contributed by atoms with Gasteiger partial charge >= 0.3 is 0 Å². The Morgan fingerprint density at radius 1 is 1.33 bits per heavy atom. The van der Waals surface area contributed by atoms with Crippen molar-refractivity contribution in [2.45, 2.75) is 60.0 Å². The van der Waals surface area contributed by atoms with E-state index in [1.54, 1.807) is 0 Å². The molecular formula is C17H33NO3. The predicted molar refractivity (Wildman–Crippen MR) is 85.0 cm³/mol. The van der Waals surface area contributed by atoms with Crippen molar-refractivity contribution in [3.63, 3.8) is 0 Å². The highest BCUT2D eigenvalue weighted by atomic mass is 16.5. The molecule has 0 aromatic heterocycles. The summed E-state index contributed by atoms with van der Waals surface area (Å²) in [5.41, 5.74) is 0.235. The topological polar surface area (TPSA) is 58.6 Å². The van der Waals surface area contributed by atoms with Crippen LogP contribution < -0.4 is 5.32 Å². The number of ether oxygens (including phenoxy) is 1. The minimum absolute atomic E-state index is 0.0764. The molecule has 0 spiro atoms. The maximum Gasteiger partial charge on any atom is 0.223 e. The number of carbonyl (C=O) groups excluding carboxylic acids is 1. The maximum absolute atomic E-state index is 12.3. The van der Waals surface area contributed by atoms with E-state index in [2.05, 4.69) is 39.9 Å². The summed E-state index contributed by atoms with van der Waals surface area (Å²) in [6.07, 6.45) is 2.45. The second-order valence-corrected chi connectivity index (χ2v) is 7.94. The molecule has 21 heavy (non-hydrogen) atoms. The summed E-state index contributed by atoms with van der Waals surface area (Å²) in [5, 5.41) is 12.7. The molecule has 0 heterocycles. The number of aliphatic hydroxyl groups excluding tert-OH is 1. The Morgan fingerprint density at radius 3 is 2.57 bits per heavy atom. The van der Waals surface area contributed by atoms with Crippen molar-refractivity contribution in [1.29, 1.82) is 0 Å². The largest absolute Gasteiger partial charge is 0.389 e. The molecular weight excluding hydrogens is 266 g/mol. The Bertz CT molecular complexity index is 328. The van der Waals surface area contributed by atoms with Crippen molar-refractivity contribution in [3.05, 3.63) is 0 Å².